The van der Waals surface area contributed by atoms with Crippen LogP contribution in [0.4, 0.5) is 11.4 Å². The van der Waals surface area contributed by atoms with Crippen LogP contribution in [0.5, 0.6) is 0 Å². The number of hydrogen-bond acceptors (Lipinski definition) is 3. The average Bonchev–Trinajstić information content (AvgIpc) is 2.49. The van der Waals surface area contributed by atoms with E-state index in [1.807, 2.05) is 6.07 Å². The van der Waals surface area contributed by atoms with E-state index >= 15 is 0 Å². The van der Waals surface area contributed by atoms with Gasteiger partial charge in [0.1, 0.15) is 0 Å². The minimum atomic E-state index is -3.68. The maximum atomic E-state index is 12.9. The molecule has 0 aliphatic heterocycles. The van der Waals surface area contributed by atoms with Crippen molar-refractivity contribution in [2.75, 3.05) is 16.2 Å². The number of carbonyl (C=O) groups excluding carboxylic acids is 1. The summed E-state index contributed by atoms with van der Waals surface area (Å²) in [5.41, 5.74) is 1.14. The third-order valence-electron chi connectivity index (χ3n) is 3.17. The number of carbonyl (C=O) groups is 1. The molecular formula is C16H17BrN2O3S. The van der Waals surface area contributed by atoms with E-state index in [4.69, 9.17) is 0 Å². The topological polar surface area (TPSA) is 66.5 Å². The lowest BCUT2D eigenvalue weighted by molar-refractivity contribution is -0.114. The highest BCUT2D eigenvalue weighted by atomic mass is 79.9. The molecule has 0 saturated carbocycles. The van der Waals surface area contributed by atoms with Crippen molar-refractivity contribution in [3.8, 4) is 0 Å². The molecule has 1 amide bonds. The van der Waals surface area contributed by atoms with Crippen LogP contribution >= 0.6 is 15.9 Å². The molecule has 0 aromatic heterocycles. The van der Waals surface area contributed by atoms with E-state index in [9.17, 15) is 13.2 Å². The number of nitrogens with one attached hydrogen (secondary N) is 1. The quantitative estimate of drug-likeness (QED) is 0.838. The molecule has 0 aliphatic rings. The minimum absolute atomic E-state index is 0.171. The molecule has 2 aromatic carbocycles. The first-order valence-corrected chi connectivity index (χ1v) is 9.24. The Labute approximate surface area is 144 Å². The number of rotatable bonds is 5. The van der Waals surface area contributed by atoms with Crippen molar-refractivity contribution in [3.63, 3.8) is 0 Å². The van der Waals surface area contributed by atoms with Crippen LogP contribution in [0.2, 0.25) is 0 Å². The molecule has 0 heterocycles. The highest BCUT2D eigenvalue weighted by Crippen LogP contribution is 2.30. The molecule has 23 heavy (non-hydrogen) atoms. The summed E-state index contributed by atoms with van der Waals surface area (Å²) in [6.07, 6.45) is 0. The molecule has 0 bridgehead atoms. The van der Waals surface area contributed by atoms with Crippen LogP contribution in [-0.2, 0) is 14.8 Å². The Kier molecular flexibility index (Phi) is 5.43. The molecule has 2 rings (SSSR count). The second-order valence-corrected chi connectivity index (χ2v) is 7.54. The maximum absolute atomic E-state index is 12.9. The van der Waals surface area contributed by atoms with E-state index in [0.29, 0.717) is 22.4 Å². The van der Waals surface area contributed by atoms with E-state index in [1.54, 1.807) is 37.3 Å². The van der Waals surface area contributed by atoms with Gasteiger partial charge in [-0.05, 0) is 59.3 Å². The summed E-state index contributed by atoms with van der Waals surface area (Å²) in [7, 11) is -3.68. The molecule has 1 N–H and O–H groups in total. The van der Waals surface area contributed by atoms with Crippen LogP contribution in [0, 0.1) is 0 Å². The largest absolute Gasteiger partial charge is 0.326 e. The lowest BCUT2D eigenvalue weighted by Gasteiger charge is -2.24. The summed E-state index contributed by atoms with van der Waals surface area (Å²) in [6, 6.07) is 13.3. The van der Waals surface area contributed by atoms with Gasteiger partial charge in [-0.15, -0.1) is 0 Å². The first kappa shape index (κ1) is 17.5. The third-order valence-corrected chi connectivity index (χ3v) is 5.74. The lowest BCUT2D eigenvalue weighted by atomic mass is 10.3. The lowest BCUT2D eigenvalue weighted by Crippen LogP contribution is -2.31. The van der Waals surface area contributed by atoms with Gasteiger partial charge in [-0.25, -0.2) is 8.42 Å². The number of halogens is 1. The molecule has 0 saturated heterocycles. The molecule has 5 nitrogen and oxygen atoms in total. The molecule has 0 fully saturated rings. The summed E-state index contributed by atoms with van der Waals surface area (Å²) in [6.45, 7) is 3.48. The smallest absolute Gasteiger partial charge is 0.264 e. The molecule has 0 radical (unpaired) electrons. The summed E-state index contributed by atoms with van der Waals surface area (Å²) in [4.78, 5) is 11.2. The Bertz CT molecular complexity index is 804. The Balaban J connectivity index is 2.39. The van der Waals surface area contributed by atoms with Crippen molar-refractivity contribution in [2.24, 2.45) is 0 Å². The maximum Gasteiger partial charge on any atom is 0.264 e. The fraction of sp³-hybridized carbons (Fsp3) is 0.188. The van der Waals surface area contributed by atoms with Crippen molar-refractivity contribution < 1.29 is 13.2 Å². The zero-order valence-electron chi connectivity index (χ0n) is 12.8. The monoisotopic (exact) mass is 396 g/mol. The van der Waals surface area contributed by atoms with Crippen molar-refractivity contribution in [1.82, 2.24) is 0 Å². The number of hydrogen-bond donors (Lipinski definition) is 1. The summed E-state index contributed by atoms with van der Waals surface area (Å²) in [5, 5.41) is 2.61. The van der Waals surface area contributed by atoms with Crippen LogP contribution in [0.1, 0.15) is 13.8 Å². The Morgan fingerprint density at radius 3 is 2.26 bits per heavy atom. The minimum Gasteiger partial charge on any atom is -0.326 e. The van der Waals surface area contributed by atoms with Crippen LogP contribution < -0.4 is 9.62 Å². The van der Waals surface area contributed by atoms with Crippen molar-refractivity contribution in [2.45, 2.75) is 18.7 Å². The molecule has 122 valence electrons. The number of amides is 1. The number of benzene rings is 2. The van der Waals surface area contributed by atoms with E-state index in [-0.39, 0.29) is 10.8 Å². The predicted molar refractivity (Wildman–Crippen MR) is 95.1 cm³/mol. The SMILES string of the molecule is CCN(c1ccccc1Br)S(=O)(=O)c1ccc(NC(C)=O)cc1. The number of anilines is 2. The average molecular weight is 397 g/mol. The van der Waals surface area contributed by atoms with Gasteiger partial charge in [0.2, 0.25) is 5.91 Å². The molecule has 0 spiro atoms. The van der Waals surface area contributed by atoms with Gasteiger partial charge >= 0.3 is 0 Å². The van der Waals surface area contributed by atoms with Crippen LogP contribution in [0.15, 0.2) is 57.9 Å². The van der Waals surface area contributed by atoms with Gasteiger partial charge in [-0.3, -0.25) is 9.10 Å². The molecule has 2 aromatic rings. The zero-order chi connectivity index (χ0) is 17.0. The van der Waals surface area contributed by atoms with Gasteiger partial charge in [0.15, 0.2) is 0 Å². The van der Waals surface area contributed by atoms with Gasteiger partial charge in [-0.2, -0.15) is 0 Å². The van der Waals surface area contributed by atoms with E-state index in [1.165, 1.54) is 23.4 Å². The summed E-state index contributed by atoms with van der Waals surface area (Å²) in [5.74, 6) is -0.205. The first-order valence-electron chi connectivity index (χ1n) is 7.01. The van der Waals surface area contributed by atoms with E-state index < -0.39 is 10.0 Å². The molecule has 0 unspecified atom stereocenters. The van der Waals surface area contributed by atoms with Gasteiger partial charge in [0.05, 0.1) is 10.6 Å². The number of nitrogens with zero attached hydrogens (tertiary/aromatic N) is 1. The molecule has 7 heteroatoms. The predicted octanol–water partition coefficient (Wildman–Crippen LogP) is 3.62. The van der Waals surface area contributed by atoms with Crippen molar-refractivity contribution >= 4 is 43.2 Å². The van der Waals surface area contributed by atoms with Gasteiger partial charge < -0.3 is 5.32 Å². The molecular weight excluding hydrogens is 380 g/mol. The normalized spacial score (nSPS) is 11.1. The zero-order valence-corrected chi connectivity index (χ0v) is 15.2. The fourth-order valence-electron chi connectivity index (χ4n) is 2.16. The second-order valence-electron chi connectivity index (χ2n) is 4.83. The Morgan fingerprint density at radius 2 is 1.74 bits per heavy atom. The highest BCUT2D eigenvalue weighted by Gasteiger charge is 2.24. The van der Waals surface area contributed by atoms with Gasteiger partial charge in [-0.1, -0.05) is 12.1 Å². The van der Waals surface area contributed by atoms with Crippen molar-refractivity contribution in [3.05, 3.63) is 53.0 Å². The fourth-order valence-corrected chi connectivity index (χ4v) is 4.27. The van der Waals surface area contributed by atoms with E-state index in [2.05, 4.69) is 21.2 Å². The van der Waals surface area contributed by atoms with Crippen LogP contribution in [0.3, 0.4) is 0 Å². The molecule has 0 aliphatic carbocycles. The first-order chi connectivity index (χ1) is 10.9. The Morgan fingerprint density at radius 1 is 1.13 bits per heavy atom. The summed E-state index contributed by atoms with van der Waals surface area (Å²) >= 11 is 3.39. The van der Waals surface area contributed by atoms with Crippen LogP contribution in [0.25, 0.3) is 0 Å². The van der Waals surface area contributed by atoms with Crippen molar-refractivity contribution in [1.29, 1.82) is 0 Å². The standard InChI is InChI=1S/C16H17BrN2O3S/c1-3-19(16-7-5-4-6-15(16)17)23(21,22)14-10-8-13(9-11-14)18-12(2)20/h4-11H,3H2,1-2H3,(H,18,20). The Hall–Kier alpha value is -1.86. The molecule has 0 atom stereocenters. The van der Waals surface area contributed by atoms with Crippen LogP contribution in [-0.4, -0.2) is 20.9 Å². The number of sulfonamides is 1. The second kappa shape index (κ2) is 7.14. The van der Waals surface area contributed by atoms with E-state index in [0.717, 1.165) is 0 Å². The number of para-hydroxylation sites is 1. The van der Waals surface area contributed by atoms with Gasteiger partial charge in [0.25, 0.3) is 10.0 Å². The van der Waals surface area contributed by atoms with Gasteiger partial charge in [0, 0.05) is 23.6 Å². The third kappa shape index (κ3) is 3.92. The highest BCUT2D eigenvalue weighted by molar-refractivity contribution is 9.10. The summed E-state index contributed by atoms with van der Waals surface area (Å²) < 4.78 is 27.8.